The third-order valence-electron chi connectivity index (χ3n) is 6.30. The van der Waals surface area contributed by atoms with Crippen LogP contribution in [0.2, 0.25) is 0 Å². The molecule has 0 amide bonds. The first kappa shape index (κ1) is 26.5. The van der Waals surface area contributed by atoms with Crippen molar-refractivity contribution in [3.05, 3.63) is 29.3 Å². The van der Waals surface area contributed by atoms with Crippen LogP contribution in [0.1, 0.15) is 122 Å². The lowest BCUT2D eigenvalue weighted by Crippen LogP contribution is -2.16. The van der Waals surface area contributed by atoms with Crippen LogP contribution in [0.5, 0.6) is 5.75 Å². The highest BCUT2D eigenvalue weighted by molar-refractivity contribution is 5.69. The standard InChI is InChI=1S/C27H46O3/c1-5-7-8-9-10-11-12-13-14-15-16-21-30-26(29)20-18-23-17-19-25(28)24(22-23)27(3,4)6-2/h17,19,22,28H,5-16,18,20-21H2,1-4H3. The Labute approximate surface area is 185 Å². The van der Waals surface area contributed by atoms with Crippen molar-refractivity contribution in [2.45, 2.75) is 123 Å². The molecule has 0 spiro atoms. The monoisotopic (exact) mass is 418 g/mol. The highest BCUT2D eigenvalue weighted by Crippen LogP contribution is 2.34. The molecule has 0 aromatic heterocycles. The Kier molecular flexibility index (Phi) is 13.5. The van der Waals surface area contributed by atoms with Crippen molar-refractivity contribution in [2.24, 2.45) is 0 Å². The van der Waals surface area contributed by atoms with Crippen LogP contribution < -0.4 is 0 Å². The lowest BCUT2D eigenvalue weighted by atomic mass is 9.81. The molecule has 3 heteroatoms. The summed E-state index contributed by atoms with van der Waals surface area (Å²) in [5.74, 6) is 0.219. The van der Waals surface area contributed by atoms with Crippen LogP contribution in [0.25, 0.3) is 0 Å². The zero-order valence-electron chi connectivity index (χ0n) is 20.1. The molecule has 1 N–H and O–H groups in total. The van der Waals surface area contributed by atoms with Gasteiger partial charge in [0.15, 0.2) is 0 Å². The van der Waals surface area contributed by atoms with E-state index in [2.05, 4.69) is 27.7 Å². The number of aromatic hydroxyl groups is 1. The van der Waals surface area contributed by atoms with Crippen LogP contribution in [0.4, 0.5) is 0 Å². The molecule has 0 aliphatic rings. The molecular formula is C27H46O3. The average molecular weight is 419 g/mol. The van der Waals surface area contributed by atoms with E-state index < -0.39 is 0 Å². The van der Waals surface area contributed by atoms with Crippen molar-refractivity contribution in [3.63, 3.8) is 0 Å². The molecular weight excluding hydrogens is 372 g/mol. The predicted molar refractivity (Wildman–Crippen MR) is 127 cm³/mol. The third-order valence-corrected chi connectivity index (χ3v) is 6.30. The fraction of sp³-hybridized carbons (Fsp3) is 0.741. The molecule has 0 atom stereocenters. The first-order valence-electron chi connectivity index (χ1n) is 12.4. The molecule has 0 saturated heterocycles. The molecule has 0 heterocycles. The smallest absolute Gasteiger partial charge is 0.306 e. The Morgan fingerprint density at radius 1 is 0.900 bits per heavy atom. The summed E-state index contributed by atoms with van der Waals surface area (Å²) < 4.78 is 5.40. The van der Waals surface area contributed by atoms with Crippen LogP contribution >= 0.6 is 0 Å². The molecule has 1 aromatic carbocycles. The summed E-state index contributed by atoms with van der Waals surface area (Å²) in [5.41, 5.74) is 1.96. The van der Waals surface area contributed by atoms with Gasteiger partial charge in [0, 0.05) is 6.42 Å². The highest BCUT2D eigenvalue weighted by Gasteiger charge is 2.22. The largest absolute Gasteiger partial charge is 0.508 e. The molecule has 0 aliphatic heterocycles. The lowest BCUT2D eigenvalue weighted by molar-refractivity contribution is -0.143. The first-order valence-corrected chi connectivity index (χ1v) is 12.4. The van der Waals surface area contributed by atoms with Crippen molar-refractivity contribution in [1.29, 1.82) is 0 Å². The summed E-state index contributed by atoms with van der Waals surface area (Å²) in [7, 11) is 0. The second-order valence-corrected chi connectivity index (χ2v) is 9.34. The quantitative estimate of drug-likeness (QED) is 0.207. The number of unbranched alkanes of at least 4 members (excludes halogenated alkanes) is 10. The predicted octanol–water partition coefficient (Wildman–Crippen LogP) is 7.87. The Morgan fingerprint density at radius 3 is 2.03 bits per heavy atom. The van der Waals surface area contributed by atoms with E-state index in [9.17, 15) is 9.90 Å². The van der Waals surface area contributed by atoms with E-state index in [1.807, 2.05) is 12.1 Å². The van der Waals surface area contributed by atoms with Gasteiger partial charge in [-0.05, 0) is 41.9 Å². The Balaban J connectivity index is 2.11. The van der Waals surface area contributed by atoms with Crippen molar-refractivity contribution >= 4 is 5.97 Å². The fourth-order valence-electron chi connectivity index (χ4n) is 3.74. The van der Waals surface area contributed by atoms with Gasteiger partial charge in [0.25, 0.3) is 0 Å². The van der Waals surface area contributed by atoms with Gasteiger partial charge in [-0.1, -0.05) is 104 Å². The number of esters is 1. The van der Waals surface area contributed by atoms with E-state index in [4.69, 9.17) is 4.74 Å². The summed E-state index contributed by atoms with van der Waals surface area (Å²) in [6, 6.07) is 5.69. The van der Waals surface area contributed by atoms with E-state index >= 15 is 0 Å². The summed E-state index contributed by atoms with van der Waals surface area (Å²) >= 11 is 0. The summed E-state index contributed by atoms with van der Waals surface area (Å²) in [5, 5.41) is 10.2. The Morgan fingerprint density at radius 2 is 1.47 bits per heavy atom. The molecule has 1 aromatic rings. The number of phenolic OH excluding ortho intramolecular Hbond substituents is 1. The van der Waals surface area contributed by atoms with Crippen molar-refractivity contribution in [2.75, 3.05) is 6.61 Å². The highest BCUT2D eigenvalue weighted by atomic mass is 16.5. The molecule has 0 fully saturated rings. The van der Waals surface area contributed by atoms with Crippen molar-refractivity contribution in [3.8, 4) is 5.75 Å². The number of hydrogen-bond acceptors (Lipinski definition) is 3. The summed E-state index contributed by atoms with van der Waals surface area (Å²) in [6.07, 6.45) is 16.3. The molecule has 3 nitrogen and oxygen atoms in total. The SMILES string of the molecule is CCCCCCCCCCCCCOC(=O)CCc1ccc(O)c(C(C)(C)CC)c1. The van der Waals surface area contributed by atoms with Gasteiger partial charge in [0.1, 0.15) is 5.75 Å². The number of aryl methyl sites for hydroxylation is 1. The number of benzene rings is 1. The van der Waals surface area contributed by atoms with Crippen molar-refractivity contribution in [1.82, 2.24) is 0 Å². The van der Waals surface area contributed by atoms with Crippen LogP contribution in [0.15, 0.2) is 18.2 Å². The number of carbonyl (C=O) groups is 1. The minimum absolute atomic E-state index is 0.0738. The zero-order valence-corrected chi connectivity index (χ0v) is 20.1. The second-order valence-electron chi connectivity index (χ2n) is 9.34. The lowest BCUT2D eigenvalue weighted by Gasteiger charge is -2.25. The summed E-state index contributed by atoms with van der Waals surface area (Å²) in [6.45, 7) is 9.19. The van der Waals surface area contributed by atoms with Gasteiger partial charge in [-0.2, -0.15) is 0 Å². The van der Waals surface area contributed by atoms with Gasteiger partial charge in [-0.15, -0.1) is 0 Å². The topological polar surface area (TPSA) is 46.5 Å². The van der Waals surface area contributed by atoms with E-state index in [0.29, 0.717) is 25.2 Å². The summed E-state index contributed by atoms with van der Waals surface area (Å²) in [4.78, 5) is 12.0. The van der Waals surface area contributed by atoms with Crippen LogP contribution in [0, 0.1) is 0 Å². The third kappa shape index (κ3) is 11.0. The molecule has 172 valence electrons. The number of ether oxygens (including phenoxy) is 1. The minimum atomic E-state index is -0.119. The maximum absolute atomic E-state index is 12.0. The fourth-order valence-corrected chi connectivity index (χ4v) is 3.74. The van der Waals surface area contributed by atoms with E-state index in [1.165, 1.54) is 57.8 Å². The Hall–Kier alpha value is -1.51. The van der Waals surface area contributed by atoms with Gasteiger partial charge >= 0.3 is 5.97 Å². The van der Waals surface area contributed by atoms with Crippen LogP contribution in [0.3, 0.4) is 0 Å². The zero-order chi connectivity index (χ0) is 22.2. The van der Waals surface area contributed by atoms with Gasteiger partial charge in [-0.25, -0.2) is 0 Å². The van der Waals surface area contributed by atoms with Gasteiger partial charge in [0.2, 0.25) is 0 Å². The molecule has 1 rings (SSSR count). The van der Waals surface area contributed by atoms with E-state index in [-0.39, 0.29) is 11.4 Å². The van der Waals surface area contributed by atoms with Crippen LogP contribution in [-0.4, -0.2) is 17.7 Å². The van der Waals surface area contributed by atoms with Crippen LogP contribution in [-0.2, 0) is 21.4 Å². The normalized spacial score (nSPS) is 11.6. The van der Waals surface area contributed by atoms with Crippen molar-refractivity contribution < 1.29 is 14.6 Å². The molecule has 0 saturated carbocycles. The minimum Gasteiger partial charge on any atom is -0.508 e. The maximum Gasteiger partial charge on any atom is 0.306 e. The maximum atomic E-state index is 12.0. The number of phenols is 1. The molecule has 0 unspecified atom stereocenters. The Bertz CT molecular complexity index is 592. The molecule has 0 radical (unpaired) electrons. The molecule has 0 aliphatic carbocycles. The van der Waals surface area contributed by atoms with Gasteiger partial charge < -0.3 is 9.84 Å². The number of carbonyl (C=O) groups excluding carboxylic acids is 1. The number of hydrogen-bond donors (Lipinski definition) is 1. The van der Waals surface area contributed by atoms with E-state index in [1.54, 1.807) is 6.07 Å². The van der Waals surface area contributed by atoms with E-state index in [0.717, 1.165) is 30.4 Å². The molecule has 0 bridgehead atoms. The second kappa shape index (κ2) is 15.3. The first-order chi connectivity index (χ1) is 14.4. The average Bonchev–Trinajstić information content (AvgIpc) is 2.73. The van der Waals surface area contributed by atoms with Gasteiger partial charge in [-0.3, -0.25) is 4.79 Å². The number of rotatable bonds is 17. The van der Waals surface area contributed by atoms with Gasteiger partial charge in [0.05, 0.1) is 6.61 Å². The molecule has 30 heavy (non-hydrogen) atoms.